The average molecular weight is 612 g/mol. The van der Waals surface area contributed by atoms with Crippen molar-refractivity contribution >= 4 is 11.6 Å². The number of fused-ring (bicyclic) bond motifs is 1. The molecular formula is C35H53N3O6. The molecule has 2 aliphatic rings. The maximum atomic E-state index is 12.8. The number of anilines is 1. The van der Waals surface area contributed by atoms with Crippen LogP contribution in [0.3, 0.4) is 0 Å². The van der Waals surface area contributed by atoms with E-state index in [1.54, 1.807) is 14.2 Å². The zero-order chi connectivity index (χ0) is 31.4. The third-order valence-corrected chi connectivity index (χ3v) is 8.64. The molecule has 9 heteroatoms. The minimum Gasteiger partial charge on any atom is -0.490 e. The largest absolute Gasteiger partial charge is 0.490 e. The number of piperidine rings is 1. The van der Waals surface area contributed by atoms with Crippen LogP contribution in [0.2, 0.25) is 0 Å². The molecule has 1 fully saturated rings. The Balaban J connectivity index is 1.46. The molecule has 1 unspecified atom stereocenters. The van der Waals surface area contributed by atoms with Gasteiger partial charge in [0.1, 0.15) is 12.4 Å². The van der Waals surface area contributed by atoms with Crippen LogP contribution in [0.4, 0.5) is 5.69 Å². The molecule has 0 radical (unpaired) electrons. The van der Waals surface area contributed by atoms with Crippen molar-refractivity contribution in [2.75, 3.05) is 71.7 Å². The topological polar surface area (TPSA) is 90.5 Å². The van der Waals surface area contributed by atoms with E-state index in [-0.39, 0.29) is 24.0 Å². The monoisotopic (exact) mass is 611 g/mol. The first-order valence-electron chi connectivity index (χ1n) is 16.1. The summed E-state index contributed by atoms with van der Waals surface area (Å²) in [4.78, 5) is 15.2. The van der Waals surface area contributed by atoms with Gasteiger partial charge in [-0.05, 0) is 55.0 Å². The number of nitrogens with zero attached hydrogens (tertiary/aromatic N) is 1. The van der Waals surface area contributed by atoms with E-state index in [0.717, 1.165) is 68.1 Å². The molecule has 1 saturated heterocycles. The Kier molecular flexibility index (Phi) is 13.3. The molecular weight excluding hydrogens is 558 g/mol. The normalized spacial score (nSPS) is 20.2. The van der Waals surface area contributed by atoms with Gasteiger partial charge in [-0.25, -0.2) is 0 Å². The lowest BCUT2D eigenvalue weighted by atomic mass is 9.77. The molecule has 0 bridgehead atoms. The first kappa shape index (κ1) is 34.2. The number of carbonyl (C=O) groups is 1. The van der Waals surface area contributed by atoms with Crippen LogP contribution in [0.1, 0.15) is 62.6 Å². The summed E-state index contributed by atoms with van der Waals surface area (Å²) in [6, 6.07) is 15.3. The summed E-state index contributed by atoms with van der Waals surface area (Å²) in [5, 5.41) is 6.72. The molecule has 2 heterocycles. The molecule has 244 valence electrons. The maximum absolute atomic E-state index is 12.8. The first-order chi connectivity index (χ1) is 21.3. The zero-order valence-electron chi connectivity index (χ0n) is 27.4. The van der Waals surface area contributed by atoms with E-state index in [0.29, 0.717) is 39.6 Å². The Labute approximate surface area is 263 Å². The van der Waals surface area contributed by atoms with Crippen molar-refractivity contribution in [3.05, 3.63) is 59.2 Å². The van der Waals surface area contributed by atoms with Gasteiger partial charge in [-0.2, -0.15) is 0 Å². The predicted molar refractivity (Wildman–Crippen MR) is 173 cm³/mol. The van der Waals surface area contributed by atoms with E-state index >= 15 is 0 Å². The van der Waals surface area contributed by atoms with Crippen molar-refractivity contribution in [3.8, 4) is 5.75 Å². The van der Waals surface area contributed by atoms with E-state index in [9.17, 15) is 4.79 Å². The summed E-state index contributed by atoms with van der Waals surface area (Å²) in [6.07, 6.45) is 2.62. The molecule has 2 aromatic rings. The van der Waals surface area contributed by atoms with Crippen molar-refractivity contribution in [1.82, 2.24) is 10.6 Å². The Morgan fingerprint density at radius 2 is 1.82 bits per heavy atom. The first-order valence-corrected chi connectivity index (χ1v) is 16.1. The molecule has 2 aliphatic heterocycles. The number of nitrogens with one attached hydrogen (secondary N) is 2. The summed E-state index contributed by atoms with van der Waals surface area (Å²) in [7, 11) is 3.43. The van der Waals surface area contributed by atoms with Crippen LogP contribution in [-0.4, -0.2) is 84.9 Å². The lowest BCUT2D eigenvalue weighted by Gasteiger charge is -2.40. The molecule has 1 amide bonds. The SMILES string of the molecule is CCNC(=O)C(C)(C)CC1C[C@H](c2ccc(COCCOC)cc2)[C@@H](OCc2ccc3c(c2)N(CCCOC)CCO3)CN1. The summed E-state index contributed by atoms with van der Waals surface area (Å²) in [6.45, 7) is 12.9. The van der Waals surface area contributed by atoms with Gasteiger partial charge in [0.15, 0.2) is 0 Å². The van der Waals surface area contributed by atoms with E-state index in [2.05, 4.69) is 58.0 Å². The number of benzene rings is 2. The van der Waals surface area contributed by atoms with Gasteiger partial charge in [-0.3, -0.25) is 4.79 Å². The van der Waals surface area contributed by atoms with E-state index in [1.807, 2.05) is 20.8 Å². The zero-order valence-corrected chi connectivity index (χ0v) is 27.4. The number of carbonyl (C=O) groups excluding carboxylic acids is 1. The Hall–Kier alpha value is -2.69. The number of ether oxygens (including phenoxy) is 5. The fourth-order valence-corrected chi connectivity index (χ4v) is 6.19. The molecule has 3 atom stereocenters. The molecule has 0 aliphatic carbocycles. The number of methoxy groups -OCH3 is 2. The fraction of sp³-hybridized carbons (Fsp3) is 0.629. The highest BCUT2D eigenvalue weighted by atomic mass is 16.5. The summed E-state index contributed by atoms with van der Waals surface area (Å²) >= 11 is 0. The highest BCUT2D eigenvalue weighted by molar-refractivity contribution is 5.81. The average Bonchev–Trinajstić information content (AvgIpc) is 3.03. The van der Waals surface area contributed by atoms with Gasteiger partial charge in [0.05, 0.1) is 44.8 Å². The van der Waals surface area contributed by atoms with Crippen molar-refractivity contribution < 1.29 is 28.5 Å². The van der Waals surface area contributed by atoms with Gasteiger partial charge < -0.3 is 39.2 Å². The third-order valence-electron chi connectivity index (χ3n) is 8.64. The van der Waals surface area contributed by atoms with Crippen LogP contribution >= 0.6 is 0 Å². The van der Waals surface area contributed by atoms with Crippen LogP contribution in [-0.2, 0) is 37.0 Å². The number of amides is 1. The molecule has 0 spiro atoms. The van der Waals surface area contributed by atoms with Crippen LogP contribution in [0, 0.1) is 5.41 Å². The Morgan fingerprint density at radius 3 is 2.57 bits per heavy atom. The highest BCUT2D eigenvalue weighted by Gasteiger charge is 2.37. The second-order valence-corrected chi connectivity index (χ2v) is 12.5. The van der Waals surface area contributed by atoms with E-state index in [1.165, 1.54) is 5.56 Å². The van der Waals surface area contributed by atoms with Gasteiger partial charge in [0, 0.05) is 57.8 Å². The standard InChI is InChI=1S/C35H53N3O6/c1-6-36-34(39)35(2,3)22-29-21-30(28-11-8-26(9-12-28)24-42-19-18-41-5)33(23-37-29)44-25-27-10-13-32-31(20-27)38(15-17-43-32)14-7-16-40-4/h8-13,20,29-30,33,37H,6-7,14-19,21-25H2,1-5H3,(H,36,39)/t29?,30-,33+/m1/s1. The lowest BCUT2D eigenvalue weighted by Crippen LogP contribution is -2.50. The van der Waals surface area contributed by atoms with Gasteiger partial charge >= 0.3 is 0 Å². The third kappa shape index (κ3) is 9.65. The quantitative estimate of drug-likeness (QED) is 0.250. The summed E-state index contributed by atoms with van der Waals surface area (Å²) in [5.41, 5.74) is 4.18. The molecule has 0 saturated carbocycles. The smallest absolute Gasteiger partial charge is 0.225 e. The number of rotatable bonds is 17. The molecule has 44 heavy (non-hydrogen) atoms. The van der Waals surface area contributed by atoms with Gasteiger partial charge in [0.25, 0.3) is 0 Å². The van der Waals surface area contributed by atoms with Gasteiger partial charge in [-0.15, -0.1) is 0 Å². The van der Waals surface area contributed by atoms with Crippen LogP contribution in [0.5, 0.6) is 5.75 Å². The van der Waals surface area contributed by atoms with Crippen LogP contribution < -0.4 is 20.3 Å². The minimum absolute atomic E-state index is 0.00674. The second kappa shape index (κ2) is 17.1. The number of hydrogen-bond acceptors (Lipinski definition) is 8. The molecule has 2 aromatic carbocycles. The molecule has 0 aromatic heterocycles. The summed E-state index contributed by atoms with van der Waals surface area (Å²) < 4.78 is 28.7. The summed E-state index contributed by atoms with van der Waals surface area (Å²) in [5.74, 6) is 1.22. The molecule has 4 rings (SSSR count). The lowest BCUT2D eigenvalue weighted by molar-refractivity contribution is -0.130. The van der Waals surface area contributed by atoms with Crippen LogP contribution in [0.15, 0.2) is 42.5 Å². The molecule has 2 N–H and O–H groups in total. The van der Waals surface area contributed by atoms with Crippen molar-refractivity contribution in [2.45, 2.75) is 71.3 Å². The van der Waals surface area contributed by atoms with Crippen molar-refractivity contribution in [1.29, 1.82) is 0 Å². The van der Waals surface area contributed by atoms with Crippen LogP contribution in [0.25, 0.3) is 0 Å². The van der Waals surface area contributed by atoms with Gasteiger partial charge in [-0.1, -0.05) is 44.2 Å². The Bertz CT molecular complexity index is 1160. The highest BCUT2D eigenvalue weighted by Crippen LogP contribution is 2.36. The fourth-order valence-electron chi connectivity index (χ4n) is 6.19. The predicted octanol–water partition coefficient (Wildman–Crippen LogP) is 4.67. The van der Waals surface area contributed by atoms with E-state index < -0.39 is 5.41 Å². The Morgan fingerprint density at radius 1 is 1.05 bits per heavy atom. The maximum Gasteiger partial charge on any atom is 0.225 e. The van der Waals surface area contributed by atoms with E-state index in [4.69, 9.17) is 23.7 Å². The van der Waals surface area contributed by atoms with Crippen molar-refractivity contribution in [2.24, 2.45) is 5.41 Å². The van der Waals surface area contributed by atoms with Gasteiger partial charge in [0.2, 0.25) is 5.91 Å². The van der Waals surface area contributed by atoms with Crippen molar-refractivity contribution in [3.63, 3.8) is 0 Å². The minimum atomic E-state index is -0.463. The number of hydrogen-bond donors (Lipinski definition) is 2. The second-order valence-electron chi connectivity index (χ2n) is 12.5. The molecule has 9 nitrogen and oxygen atoms in total.